The summed E-state index contributed by atoms with van der Waals surface area (Å²) in [6.07, 6.45) is -0.818. The summed E-state index contributed by atoms with van der Waals surface area (Å²) in [7, 11) is 0. The van der Waals surface area contributed by atoms with Crippen LogP contribution in [0.5, 0.6) is 0 Å². The van der Waals surface area contributed by atoms with E-state index in [1.54, 1.807) is 4.23 Å². The highest BCUT2D eigenvalue weighted by Gasteiger charge is 2.52. The Morgan fingerprint density at radius 1 is 0.733 bits per heavy atom. The van der Waals surface area contributed by atoms with Crippen LogP contribution in [0.25, 0.3) is 0 Å². The van der Waals surface area contributed by atoms with E-state index in [1.165, 1.54) is 6.42 Å². The van der Waals surface area contributed by atoms with E-state index in [2.05, 4.69) is 0 Å². The molecule has 0 bridgehead atoms. The normalized spacial score (nSPS) is 21.0. The van der Waals surface area contributed by atoms with E-state index in [4.69, 9.17) is 66.5 Å². The molecule has 0 aromatic carbocycles. The molecule has 0 atom stereocenters. The Hall–Kier alpha value is 2.13. The fourth-order valence-electron chi connectivity index (χ4n) is 1.90. The third kappa shape index (κ3) is 4.72. The van der Waals surface area contributed by atoms with Crippen molar-refractivity contribution in [2.75, 3.05) is 0 Å². The van der Waals surface area contributed by atoms with Gasteiger partial charge in [-0.3, -0.25) is 4.23 Å². The summed E-state index contributed by atoms with van der Waals surface area (Å²) >= 11 is 36.0. The van der Waals surface area contributed by atoms with Gasteiger partial charge in [-0.15, -0.1) is 66.5 Å². The Balaban J connectivity index is 2.80. The van der Waals surface area contributed by atoms with E-state index in [1.807, 2.05) is 0 Å². The van der Waals surface area contributed by atoms with Crippen molar-refractivity contribution in [3.05, 3.63) is 0 Å². The monoisotopic (exact) mass is 363 g/mol. The van der Waals surface area contributed by atoms with Gasteiger partial charge in [0, 0.05) is 6.04 Å². The molecule has 15 heavy (non-hydrogen) atoms. The number of halogens is 6. The predicted octanol–water partition coefficient (Wildman–Crippen LogP) is 4.93. The Morgan fingerprint density at radius 3 is 1.47 bits per heavy atom. The molecule has 0 spiro atoms. The first kappa shape index (κ1) is 15.2. The van der Waals surface area contributed by atoms with Gasteiger partial charge in [0.15, 0.2) is 0 Å². The fraction of sp³-hybridized carbons (Fsp3) is 1.00. The maximum absolute atomic E-state index is 5.99. The van der Waals surface area contributed by atoms with Crippen LogP contribution in [0, 0.1) is 0 Å². The number of rotatable bonds is 3. The Labute approximate surface area is 120 Å². The lowest BCUT2D eigenvalue weighted by Crippen LogP contribution is -2.57. The molecule has 1 aliphatic carbocycles. The van der Waals surface area contributed by atoms with Gasteiger partial charge in [-0.05, 0) is 12.8 Å². The topological polar surface area (TPSA) is 3.24 Å². The van der Waals surface area contributed by atoms with E-state index < -0.39 is 12.3 Å². The summed E-state index contributed by atoms with van der Waals surface area (Å²) in [4.78, 5) is 0. The molecule has 0 amide bonds. The van der Waals surface area contributed by atoms with Gasteiger partial charge in [-0.2, -0.15) is 0 Å². The first-order valence-electron chi connectivity index (χ1n) is 4.66. The molecule has 1 fully saturated rings. The second-order valence-corrected chi connectivity index (χ2v) is 20.2. The van der Waals surface area contributed by atoms with Crippen molar-refractivity contribution in [3.8, 4) is 0 Å². The highest BCUT2D eigenvalue weighted by atomic mass is 35.8. The molecule has 0 heterocycles. The zero-order valence-corrected chi connectivity index (χ0v) is 14.4. The van der Waals surface area contributed by atoms with E-state index >= 15 is 0 Å². The molecule has 90 valence electrons. The van der Waals surface area contributed by atoms with Gasteiger partial charge < -0.3 is 0 Å². The van der Waals surface area contributed by atoms with Crippen molar-refractivity contribution >= 4 is 78.8 Å². The van der Waals surface area contributed by atoms with E-state index in [0.717, 1.165) is 25.7 Å². The quantitative estimate of drug-likeness (QED) is 0.506. The van der Waals surface area contributed by atoms with Crippen LogP contribution in [0.4, 0.5) is 0 Å². The average molecular weight is 366 g/mol. The molecule has 0 aromatic heterocycles. The van der Waals surface area contributed by atoms with Gasteiger partial charge in [0.25, 0.3) is 0 Å². The molecule has 1 rings (SSSR count). The van der Waals surface area contributed by atoms with Crippen LogP contribution in [-0.4, -0.2) is 22.6 Å². The number of hydrogen-bond donors (Lipinski definition) is 0. The average Bonchev–Trinajstić information content (AvgIpc) is 2.00. The molecule has 0 aromatic rings. The summed E-state index contributed by atoms with van der Waals surface area (Å²) < 4.78 is 1.61. The third-order valence-corrected chi connectivity index (χ3v) is 12.2. The predicted molar refractivity (Wildman–Crippen MR) is 75.3 cm³/mol. The highest BCUT2D eigenvalue weighted by molar-refractivity contribution is 7.72. The molecule has 0 saturated heterocycles. The number of nitrogens with zero attached hydrogens (tertiary/aromatic N) is 1. The summed E-state index contributed by atoms with van der Waals surface area (Å²) in [6, 6.07) is 0.136. The van der Waals surface area contributed by atoms with Crippen LogP contribution in [0.15, 0.2) is 0 Å². The first-order chi connectivity index (χ1) is 6.73. The molecule has 0 N–H and O–H groups in total. The maximum atomic E-state index is 5.99. The second-order valence-electron chi connectivity index (χ2n) is 3.60. The minimum Gasteiger partial charge on any atom is -0.270 e. The first-order valence-corrected chi connectivity index (χ1v) is 14.6. The van der Waals surface area contributed by atoms with Crippen molar-refractivity contribution < 1.29 is 0 Å². The molecule has 9 heteroatoms. The molecule has 1 aliphatic rings. The molecule has 1 saturated carbocycles. The Kier molecular flexibility index (Phi) is 5.92. The maximum Gasteiger partial charge on any atom is 0.420 e. The Morgan fingerprint density at radius 2 is 1.13 bits per heavy atom. The van der Waals surface area contributed by atoms with Crippen molar-refractivity contribution in [1.29, 1.82) is 0 Å². The zero-order valence-electron chi connectivity index (χ0n) is 7.83. The van der Waals surface area contributed by atoms with Crippen LogP contribution in [0.3, 0.4) is 0 Å². The molecular formula is C6H11Cl6NSi2. The summed E-state index contributed by atoms with van der Waals surface area (Å²) in [6.45, 7) is 0. The smallest absolute Gasteiger partial charge is 0.270 e. The van der Waals surface area contributed by atoms with E-state index in [0.29, 0.717) is 0 Å². The summed E-state index contributed by atoms with van der Waals surface area (Å²) in [5, 5.41) is 0. The van der Waals surface area contributed by atoms with Gasteiger partial charge >= 0.3 is 12.3 Å². The van der Waals surface area contributed by atoms with Crippen LogP contribution in [0.2, 0.25) is 0 Å². The molecule has 0 aliphatic heterocycles. The van der Waals surface area contributed by atoms with Gasteiger partial charge in [0.05, 0.1) is 0 Å². The van der Waals surface area contributed by atoms with Gasteiger partial charge in [-0.1, -0.05) is 19.3 Å². The van der Waals surface area contributed by atoms with Crippen molar-refractivity contribution in [1.82, 2.24) is 4.23 Å². The van der Waals surface area contributed by atoms with Gasteiger partial charge in [0.1, 0.15) is 0 Å². The SMILES string of the molecule is Cl[Si](Cl)(Cl)N(C1CCCCC1)[Si](Cl)(Cl)Cl. The van der Waals surface area contributed by atoms with Crippen molar-refractivity contribution in [2.24, 2.45) is 0 Å². The highest BCUT2D eigenvalue weighted by Crippen LogP contribution is 2.41. The lowest BCUT2D eigenvalue weighted by molar-refractivity contribution is 0.340. The summed E-state index contributed by atoms with van der Waals surface area (Å²) in [5.41, 5.74) is 0. The number of hydrogen-bond acceptors (Lipinski definition) is 1. The molecule has 1 nitrogen and oxygen atoms in total. The van der Waals surface area contributed by atoms with Gasteiger partial charge in [-0.25, -0.2) is 0 Å². The lowest BCUT2D eigenvalue weighted by atomic mass is 9.96. The minimum absolute atomic E-state index is 0.136. The largest absolute Gasteiger partial charge is 0.420 e. The fourth-order valence-corrected chi connectivity index (χ4v) is 17.2. The second kappa shape index (κ2) is 5.85. The Bertz CT molecular complexity index is 195. The third-order valence-electron chi connectivity index (χ3n) is 2.49. The summed E-state index contributed by atoms with van der Waals surface area (Å²) in [5.74, 6) is 0. The zero-order chi connectivity index (χ0) is 11.7. The van der Waals surface area contributed by atoms with E-state index in [-0.39, 0.29) is 6.04 Å². The van der Waals surface area contributed by atoms with E-state index in [9.17, 15) is 0 Å². The molecule has 0 unspecified atom stereocenters. The standard InChI is InChI=1S/C6H11Cl6NSi2/c7-14(8,9)13(15(10,11)12)6-4-2-1-3-5-6/h6H,1-5H2. The molecular weight excluding hydrogens is 355 g/mol. The van der Waals surface area contributed by atoms with Crippen LogP contribution >= 0.6 is 66.5 Å². The minimum atomic E-state index is -3.09. The van der Waals surface area contributed by atoms with Crippen LogP contribution in [0.1, 0.15) is 32.1 Å². The van der Waals surface area contributed by atoms with Crippen LogP contribution < -0.4 is 0 Å². The van der Waals surface area contributed by atoms with Crippen LogP contribution in [-0.2, 0) is 0 Å². The van der Waals surface area contributed by atoms with Crippen molar-refractivity contribution in [2.45, 2.75) is 38.1 Å². The lowest BCUT2D eigenvalue weighted by Gasteiger charge is -2.40. The van der Waals surface area contributed by atoms with Crippen molar-refractivity contribution in [3.63, 3.8) is 0 Å². The molecule has 0 radical (unpaired) electrons. The van der Waals surface area contributed by atoms with Gasteiger partial charge in [0.2, 0.25) is 0 Å².